The highest BCUT2D eigenvalue weighted by Gasteiger charge is 2.55. The molecule has 0 saturated carbocycles. The number of nitrogens with zero attached hydrogens (tertiary/aromatic N) is 1. The van der Waals surface area contributed by atoms with E-state index in [-0.39, 0.29) is 5.41 Å². The van der Waals surface area contributed by atoms with Gasteiger partial charge in [-0.25, -0.2) is 0 Å². The Kier molecular flexibility index (Phi) is 16.3. The summed E-state index contributed by atoms with van der Waals surface area (Å²) in [5.41, 5.74) is 46.7. The van der Waals surface area contributed by atoms with Gasteiger partial charge in [0.25, 0.3) is 0 Å². The Morgan fingerprint density at radius 2 is 0.537 bits per heavy atom. The lowest BCUT2D eigenvalue weighted by atomic mass is 9.70. The molecule has 2 atom stereocenters. The highest BCUT2D eigenvalue weighted by atomic mass is 79.9. The minimum atomic E-state index is -0.520. The van der Waals surface area contributed by atoms with Gasteiger partial charge in [-0.15, -0.1) is 0 Å². The zero-order valence-electron chi connectivity index (χ0n) is 66.0. The van der Waals surface area contributed by atoms with Crippen molar-refractivity contribution in [1.29, 1.82) is 0 Å². The Labute approximate surface area is 713 Å². The lowest BCUT2D eigenvalue weighted by Crippen LogP contribution is -2.26. The number of fused-ring (bicyclic) bond motifs is 28. The second-order valence-corrected chi connectivity index (χ2v) is 33.4. The SMILES string of the molecule is Brc1ccc2c(c1)C1(c3ccccc3-2)c2ccccc2-c2c1cc1c3c(cccc23)-c2ccccc2-1.c1ccc(-c2ccc(N(c3ccc4c(c3)C3(c5ccccc5-4)c4ccccc4-c4c3cc3c5c(cccc45)-c4ccccc4-3)c3ccccc3-c3ccccc3)cc2)cc1.c1ccc(-c2ccc(Nc3ccccc3-c3ccccc3)cc2)cc1. The topological polar surface area (TPSA) is 15.3 Å². The van der Waals surface area contributed by atoms with E-state index >= 15 is 0 Å². The normalized spacial score (nSPS) is 14.6. The van der Waals surface area contributed by atoms with Crippen molar-refractivity contribution in [1.82, 2.24) is 0 Å². The lowest BCUT2D eigenvalue weighted by molar-refractivity contribution is 0.794. The molecule has 0 aromatic heterocycles. The minimum absolute atomic E-state index is 0.333. The molecule has 6 aliphatic rings. The molecular weight excluding hydrogens is 1530 g/mol. The Morgan fingerprint density at radius 3 is 1.03 bits per heavy atom. The first-order valence-electron chi connectivity index (χ1n) is 41.9. The van der Waals surface area contributed by atoms with Gasteiger partial charge in [-0.3, -0.25) is 0 Å². The second kappa shape index (κ2) is 28.1. The first-order valence-corrected chi connectivity index (χ1v) is 42.7. The Bertz CT molecular complexity index is 7600. The summed E-state index contributed by atoms with van der Waals surface area (Å²) in [7, 11) is 0. The van der Waals surface area contributed by atoms with Gasteiger partial charge in [0, 0.05) is 38.3 Å². The number of rotatable bonds is 9. The number of halogens is 1. The summed E-state index contributed by atoms with van der Waals surface area (Å²) in [5.74, 6) is 0. The fraction of sp³-hybridized carbons (Fsp3) is 0.0169. The molecule has 0 saturated heterocycles. The predicted octanol–water partition coefficient (Wildman–Crippen LogP) is 32.0. The van der Waals surface area contributed by atoms with Gasteiger partial charge in [0.15, 0.2) is 0 Å². The molecule has 0 bridgehead atoms. The van der Waals surface area contributed by atoms with Gasteiger partial charge >= 0.3 is 0 Å². The van der Waals surface area contributed by atoms with Crippen molar-refractivity contribution >= 4 is 65.9 Å². The molecule has 2 nitrogen and oxygen atoms in total. The third-order valence-electron chi connectivity index (χ3n) is 26.4. The quantitative estimate of drug-likeness (QED) is 0.155. The van der Waals surface area contributed by atoms with Crippen molar-refractivity contribution in [2.24, 2.45) is 0 Å². The molecule has 0 fully saturated rings. The van der Waals surface area contributed by atoms with Crippen LogP contribution >= 0.6 is 15.9 Å². The van der Waals surface area contributed by atoms with Crippen molar-refractivity contribution in [3.8, 4) is 134 Å². The molecule has 1 N–H and O–H groups in total. The number of hydrogen-bond acceptors (Lipinski definition) is 2. The van der Waals surface area contributed by atoms with E-state index in [2.05, 4.69) is 463 Å². The third kappa shape index (κ3) is 10.7. The van der Waals surface area contributed by atoms with Crippen molar-refractivity contribution in [3.05, 3.63) is 498 Å². The molecule has 0 heterocycles. The summed E-state index contributed by atoms with van der Waals surface area (Å²) >= 11 is 3.82. The van der Waals surface area contributed by atoms with Gasteiger partial charge in [0.05, 0.1) is 16.5 Å². The Balaban J connectivity index is 0.000000115. The van der Waals surface area contributed by atoms with Crippen LogP contribution < -0.4 is 10.2 Å². The average molecular weight is 1600 g/mol. The maximum absolute atomic E-state index is 3.82. The summed E-state index contributed by atoms with van der Waals surface area (Å²) in [5, 5.41) is 9.01. The molecule has 2 unspecified atom stereocenters. The van der Waals surface area contributed by atoms with Gasteiger partial charge < -0.3 is 10.2 Å². The zero-order chi connectivity index (χ0) is 79.9. The van der Waals surface area contributed by atoms with Gasteiger partial charge in [-0.2, -0.15) is 0 Å². The van der Waals surface area contributed by atoms with Crippen LogP contribution in [0.15, 0.2) is 453 Å². The number of para-hydroxylation sites is 2. The summed E-state index contributed by atoms with van der Waals surface area (Å²) in [6.07, 6.45) is 0. The van der Waals surface area contributed by atoms with Crippen molar-refractivity contribution in [3.63, 3.8) is 0 Å². The molecule has 0 aliphatic heterocycles. The van der Waals surface area contributed by atoms with Crippen LogP contribution in [0, 0.1) is 0 Å². The molecule has 0 radical (unpaired) electrons. The summed E-state index contributed by atoms with van der Waals surface area (Å²) in [4.78, 5) is 2.47. The van der Waals surface area contributed by atoms with Crippen LogP contribution in [0.1, 0.15) is 44.5 Å². The molecule has 6 aliphatic carbocycles. The van der Waals surface area contributed by atoms with Crippen LogP contribution in [0.3, 0.4) is 0 Å². The number of benzene rings is 20. The van der Waals surface area contributed by atoms with Crippen LogP contribution in [0.2, 0.25) is 0 Å². The van der Waals surface area contributed by atoms with Crippen molar-refractivity contribution in [2.75, 3.05) is 10.2 Å². The maximum Gasteiger partial charge on any atom is 0.0726 e. The van der Waals surface area contributed by atoms with Crippen LogP contribution in [0.25, 0.3) is 155 Å². The van der Waals surface area contributed by atoms with Crippen molar-refractivity contribution < 1.29 is 0 Å². The van der Waals surface area contributed by atoms with E-state index in [1.807, 2.05) is 12.1 Å². The largest absolute Gasteiger partial charge is 0.355 e. The lowest BCUT2D eigenvalue weighted by Gasteiger charge is -2.33. The molecule has 3 heteroatoms. The molecule has 20 aromatic carbocycles. The first-order chi connectivity index (χ1) is 60.0. The Hall–Kier alpha value is -15.0. The first kappa shape index (κ1) is 70.2. The van der Waals surface area contributed by atoms with E-state index in [4.69, 9.17) is 0 Å². The van der Waals surface area contributed by atoms with E-state index in [0.29, 0.717) is 0 Å². The molecule has 0 amide bonds. The molecule has 26 rings (SSSR count). The highest BCUT2D eigenvalue weighted by molar-refractivity contribution is 9.10. The molecule has 564 valence electrons. The van der Waals surface area contributed by atoms with E-state index in [0.717, 1.165) is 32.9 Å². The fourth-order valence-electron chi connectivity index (χ4n) is 21.5. The van der Waals surface area contributed by atoms with Crippen LogP contribution in [-0.2, 0) is 10.8 Å². The van der Waals surface area contributed by atoms with E-state index in [9.17, 15) is 0 Å². The predicted molar refractivity (Wildman–Crippen MR) is 510 cm³/mol. The monoisotopic (exact) mass is 1600 g/mol. The zero-order valence-corrected chi connectivity index (χ0v) is 67.6. The van der Waals surface area contributed by atoms with Gasteiger partial charge in [-0.05, 0) is 261 Å². The molecule has 2 spiro atoms. The second-order valence-electron chi connectivity index (χ2n) is 32.5. The molecular formula is C118H75BrN2. The molecule has 20 aromatic rings. The number of anilines is 5. The number of nitrogens with one attached hydrogen (secondary N) is 1. The van der Waals surface area contributed by atoms with Gasteiger partial charge in [0.2, 0.25) is 0 Å². The standard InChI is InChI=1S/C59H37N.C35H19Br.C24H19N/c1-3-16-38(17-4-1)39-30-32-41(33-31-39)60(56-29-14-11-20-43(56)40-18-5-2-6-19-40)42-34-35-47-46-23-9-12-27-52(46)59(54(47)36-42)53-28-13-10-24-49(53)58-50-26-15-25-48-44-21-7-8-22-45(44)51(57(48)50)37-55(58)59;36-20-16-17-24-23-10-3-5-14-29(23)35(31(24)18-20)30-15-6-4-11-26(30)34-27-13-7-12-25-21-8-1-2-9-22(21)28(33(25)27)19-32(34)35;1-3-9-19(10-4-1)20-15-17-22(18-16-20)25-24-14-8-7-13-23(24)21-11-5-2-6-12-21/h1-37H;1-19H;1-18,25H. The van der Waals surface area contributed by atoms with E-state index in [1.54, 1.807) is 0 Å². The smallest absolute Gasteiger partial charge is 0.0726 e. The third-order valence-corrected chi connectivity index (χ3v) is 26.9. The summed E-state index contributed by atoms with van der Waals surface area (Å²) in [6.45, 7) is 0. The van der Waals surface area contributed by atoms with E-state index < -0.39 is 5.41 Å². The van der Waals surface area contributed by atoms with Gasteiger partial charge in [0.1, 0.15) is 0 Å². The summed E-state index contributed by atoms with van der Waals surface area (Å²) in [6, 6.07) is 165. The fourth-order valence-corrected chi connectivity index (χ4v) is 21.8. The minimum Gasteiger partial charge on any atom is -0.355 e. The Morgan fingerprint density at radius 1 is 0.198 bits per heavy atom. The van der Waals surface area contributed by atoms with Gasteiger partial charge in [-0.1, -0.05) is 392 Å². The maximum atomic E-state index is 3.82. The van der Waals surface area contributed by atoms with Crippen LogP contribution in [-0.4, -0.2) is 0 Å². The van der Waals surface area contributed by atoms with Crippen molar-refractivity contribution in [2.45, 2.75) is 10.8 Å². The van der Waals surface area contributed by atoms with E-state index in [1.165, 1.54) is 200 Å². The molecule has 121 heavy (non-hydrogen) atoms. The summed E-state index contributed by atoms with van der Waals surface area (Å²) < 4.78 is 1.12. The van der Waals surface area contributed by atoms with Crippen LogP contribution in [0.4, 0.5) is 28.4 Å². The highest BCUT2D eigenvalue weighted by Crippen LogP contribution is 2.69. The van der Waals surface area contributed by atoms with Crippen LogP contribution in [0.5, 0.6) is 0 Å². The average Bonchev–Trinajstić information content (AvgIpc) is 1.50. The number of hydrogen-bond donors (Lipinski definition) is 1.